The van der Waals surface area contributed by atoms with E-state index in [-0.39, 0.29) is 0 Å². The number of esters is 1. The maximum Gasteiger partial charge on any atom is 0.339 e. The predicted molar refractivity (Wildman–Crippen MR) is 55.3 cm³/mol. The molecule has 0 saturated carbocycles. The smallest absolute Gasteiger partial charge is 0.339 e. The Morgan fingerprint density at radius 1 is 1.00 bits per heavy atom. The fourth-order valence-electron chi connectivity index (χ4n) is 1.08. The molecule has 7 heteroatoms. The molecule has 17 heavy (non-hydrogen) atoms. The van der Waals surface area contributed by atoms with Crippen molar-refractivity contribution in [3.05, 3.63) is 0 Å². The highest BCUT2D eigenvalue weighted by Gasteiger charge is 2.43. The largest absolute Gasteiger partial charge is 0.481 e. The summed E-state index contributed by atoms with van der Waals surface area (Å²) in [5.74, 6) is -4.23. The van der Waals surface area contributed by atoms with Crippen LogP contribution in [0.2, 0.25) is 0 Å². The molecule has 0 amide bonds. The van der Waals surface area contributed by atoms with Crippen LogP contribution in [0.15, 0.2) is 0 Å². The number of hydrogen-bond donors (Lipinski definition) is 3. The van der Waals surface area contributed by atoms with Crippen molar-refractivity contribution in [1.29, 1.82) is 0 Å². The molecule has 0 bridgehead atoms. The number of ether oxygens (including phenoxy) is 1. The Labute approximate surface area is 98.0 Å². The lowest BCUT2D eigenvalue weighted by molar-refractivity contribution is -0.184. The first kappa shape index (κ1) is 15.4. The van der Waals surface area contributed by atoms with E-state index in [0.717, 1.165) is 0 Å². The van der Waals surface area contributed by atoms with Gasteiger partial charge in [0, 0.05) is 0 Å². The molecule has 0 aromatic heterocycles. The van der Waals surface area contributed by atoms with E-state index >= 15 is 0 Å². The Morgan fingerprint density at radius 3 is 1.59 bits per heavy atom. The first-order valence-corrected chi connectivity index (χ1v) is 4.86. The molecule has 0 radical (unpaired) electrons. The lowest BCUT2D eigenvalue weighted by Gasteiger charge is -2.28. The predicted octanol–water partition coefficient (Wildman–Crippen LogP) is 0.00860. The number of aliphatic carboxylic acids is 2. The van der Waals surface area contributed by atoms with Crippen molar-refractivity contribution in [2.24, 2.45) is 0 Å². The first-order chi connectivity index (χ1) is 7.46. The Bertz CT molecular complexity index is 310. The van der Waals surface area contributed by atoms with Gasteiger partial charge in [0.1, 0.15) is 5.60 Å². The topological polar surface area (TPSA) is 121 Å². The van der Waals surface area contributed by atoms with Crippen molar-refractivity contribution in [3.63, 3.8) is 0 Å². The minimum Gasteiger partial charge on any atom is -0.481 e. The average Bonchev–Trinajstić information content (AvgIpc) is 1.96. The number of carboxylic acids is 2. The van der Waals surface area contributed by atoms with E-state index in [1.165, 1.54) is 20.8 Å². The fraction of sp³-hybridized carbons (Fsp3) is 0.700. The van der Waals surface area contributed by atoms with E-state index < -0.39 is 42.0 Å². The van der Waals surface area contributed by atoms with Crippen LogP contribution in [-0.2, 0) is 19.1 Å². The highest BCUT2D eigenvalue weighted by Crippen LogP contribution is 2.21. The molecule has 0 aliphatic heterocycles. The van der Waals surface area contributed by atoms with Gasteiger partial charge in [-0.05, 0) is 20.8 Å². The maximum absolute atomic E-state index is 11.6. The molecule has 98 valence electrons. The van der Waals surface area contributed by atoms with Crippen LogP contribution in [0.3, 0.4) is 0 Å². The lowest BCUT2D eigenvalue weighted by Crippen LogP contribution is -2.46. The third-order valence-corrected chi connectivity index (χ3v) is 1.67. The zero-order chi connectivity index (χ0) is 13.9. The van der Waals surface area contributed by atoms with Crippen molar-refractivity contribution in [3.8, 4) is 0 Å². The number of hydrogen-bond acceptors (Lipinski definition) is 5. The average molecular weight is 248 g/mol. The fourth-order valence-corrected chi connectivity index (χ4v) is 1.08. The van der Waals surface area contributed by atoms with Crippen LogP contribution in [0, 0.1) is 0 Å². The number of carbonyl (C=O) groups is 3. The molecule has 0 aliphatic rings. The monoisotopic (exact) mass is 248 g/mol. The lowest BCUT2D eigenvalue weighted by atomic mass is 9.95. The van der Waals surface area contributed by atoms with E-state index in [1.807, 2.05) is 0 Å². The number of carbonyl (C=O) groups excluding carboxylic acids is 1. The second-order valence-corrected chi connectivity index (χ2v) is 4.67. The van der Waals surface area contributed by atoms with Gasteiger partial charge in [-0.2, -0.15) is 0 Å². The van der Waals surface area contributed by atoms with Gasteiger partial charge in [-0.15, -0.1) is 0 Å². The number of rotatable bonds is 5. The molecular weight excluding hydrogens is 232 g/mol. The maximum atomic E-state index is 11.6. The highest BCUT2D eigenvalue weighted by atomic mass is 16.6. The van der Waals surface area contributed by atoms with Crippen LogP contribution in [0.25, 0.3) is 0 Å². The van der Waals surface area contributed by atoms with Crippen LogP contribution < -0.4 is 0 Å². The van der Waals surface area contributed by atoms with Crippen molar-refractivity contribution in [2.45, 2.75) is 44.8 Å². The van der Waals surface area contributed by atoms with E-state index in [0.29, 0.717) is 0 Å². The van der Waals surface area contributed by atoms with Gasteiger partial charge in [0.15, 0.2) is 5.60 Å². The zero-order valence-electron chi connectivity index (χ0n) is 9.89. The van der Waals surface area contributed by atoms with Crippen LogP contribution in [0.5, 0.6) is 0 Å². The zero-order valence-corrected chi connectivity index (χ0v) is 9.89. The second-order valence-electron chi connectivity index (χ2n) is 4.67. The third kappa shape index (κ3) is 5.86. The SMILES string of the molecule is CC(C)(C)OC(=O)C(O)(CC(=O)O)CC(=O)O. The molecule has 3 N–H and O–H groups in total. The van der Waals surface area contributed by atoms with Gasteiger partial charge < -0.3 is 20.1 Å². The standard InChI is InChI=1S/C10H16O7/c1-9(2,3)17-8(15)10(16,4-6(11)12)5-7(13)14/h16H,4-5H2,1-3H3,(H,11,12)(H,13,14). The van der Waals surface area contributed by atoms with Crippen LogP contribution in [-0.4, -0.2) is 44.4 Å². The Kier molecular flexibility index (Phi) is 4.64. The summed E-state index contributed by atoms with van der Waals surface area (Å²) in [5.41, 5.74) is -3.49. The van der Waals surface area contributed by atoms with Gasteiger partial charge >= 0.3 is 17.9 Å². The molecule has 0 heterocycles. The summed E-state index contributed by atoms with van der Waals surface area (Å²) in [6, 6.07) is 0. The van der Waals surface area contributed by atoms with Crippen LogP contribution in [0.1, 0.15) is 33.6 Å². The molecule has 0 spiro atoms. The third-order valence-electron chi connectivity index (χ3n) is 1.67. The van der Waals surface area contributed by atoms with E-state index in [2.05, 4.69) is 0 Å². The molecule has 0 aliphatic carbocycles. The van der Waals surface area contributed by atoms with Crippen LogP contribution in [0.4, 0.5) is 0 Å². The van der Waals surface area contributed by atoms with E-state index in [4.69, 9.17) is 14.9 Å². The Balaban J connectivity index is 4.97. The summed E-state index contributed by atoms with van der Waals surface area (Å²) in [7, 11) is 0. The number of carboxylic acid groups (broad SMARTS) is 2. The molecule has 0 aromatic rings. The first-order valence-electron chi connectivity index (χ1n) is 4.86. The highest BCUT2D eigenvalue weighted by molar-refractivity contribution is 5.89. The quantitative estimate of drug-likeness (QED) is 0.586. The Morgan fingerprint density at radius 2 is 1.35 bits per heavy atom. The van der Waals surface area contributed by atoms with Gasteiger partial charge in [-0.1, -0.05) is 0 Å². The Hall–Kier alpha value is -1.63. The molecule has 0 unspecified atom stereocenters. The molecule has 0 atom stereocenters. The molecule has 0 rings (SSSR count). The van der Waals surface area contributed by atoms with Gasteiger partial charge in [-0.3, -0.25) is 9.59 Å². The van der Waals surface area contributed by atoms with Gasteiger partial charge in [-0.25, -0.2) is 4.79 Å². The summed E-state index contributed by atoms with van der Waals surface area (Å²) in [6.07, 6.45) is -2.04. The van der Waals surface area contributed by atoms with Gasteiger partial charge in [0.2, 0.25) is 0 Å². The van der Waals surface area contributed by atoms with Crippen molar-refractivity contribution < 1.29 is 34.4 Å². The van der Waals surface area contributed by atoms with E-state index in [9.17, 15) is 19.5 Å². The summed E-state index contributed by atoms with van der Waals surface area (Å²) in [4.78, 5) is 32.6. The molecule has 7 nitrogen and oxygen atoms in total. The second kappa shape index (κ2) is 5.13. The summed E-state index contributed by atoms with van der Waals surface area (Å²) >= 11 is 0. The van der Waals surface area contributed by atoms with Gasteiger partial charge in [0.05, 0.1) is 12.8 Å². The van der Waals surface area contributed by atoms with Crippen molar-refractivity contribution in [2.75, 3.05) is 0 Å². The van der Waals surface area contributed by atoms with Crippen LogP contribution >= 0.6 is 0 Å². The summed E-state index contributed by atoms with van der Waals surface area (Å²) in [5, 5.41) is 26.8. The normalized spacial score (nSPS) is 12.0. The number of aliphatic hydroxyl groups is 1. The molecule has 0 aromatic carbocycles. The summed E-state index contributed by atoms with van der Waals surface area (Å²) in [6.45, 7) is 4.56. The molecular formula is C10H16O7. The summed E-state index contributed by atoms with van der Waals surface area (Å²) < 4.78 is 4.79. The van der Waals surface area contributed by atoms with Crippen molar-refractivity contribution >= 4 is 17.9 Å². The minimum atomic E-state index is -2.55. The van der Waals surface area contributed by atoms with Crippen molar-refractivity contribution in [1.82, 2.24) is 0 Å². The van der Waals surface area contributed by atoms with E-state index in [1.54, 1.807) is 0 Å². The molecule has 0 fully saturated rings. The minimum absolute atomic E-state index is 0.942. The van der Waals surface area contributed by atoms with Gasteiger partial charge in [0.25, 0.3) is 0 Å². The molecule has 0 saturated heterocycles.